The van der Waals surface area contributed by atoms with Crippen LogP contribution in [0.15, 0.2) is 18.2 Å². The van der Waals surface area contributed by atoms with E-state index in [0.717, 1.165) is 18.9 Å². The number of halogens is 1. The van der Waals surface area contributed by atoms with Gasteiger partial charge in [-0.15, -0.1) is 0 Å². The van der Waals surface area contributed by atoms with Gasteiger partial charge in [-0.25, -0.2) is 9.18 Å². The molecule has 1 rings (SSSR count). The molecule has 0 aliphatic carbocycles. The van der Waals surface area contributed by atoms with Crippen molar-refractivity contribution in [2.24, 2.45) is 0 Å². The number of hydrogen-bond acceptors (Lipinski definition) is 1. The van der Waals surface area contributed by atoms with Crippen LogP contribution in [0.1, 0.15) is 35.7 Å². The number of carbonyl (C=O) groups is 1. The molecule has 0 radical (unpaired) electrons. The van der Waals surface area contributed by atoms with Crippen LogP contribution >= 0.6 is 0 Å². The molecule has 0 aliphatic heterocycles. The van der Waals surface area contributed by atoms with Crippen LogP contribution in [0.3, 0.4) is 0 Å². The molecule has 1 aromatic carbocycles. The lowest BCUT2D eigenvalue weighted by atomic mass is 10.1. The molecule has 0 spiro atoms. The minimum atomic E-state index is -1.09. The maximum atomic E-state index is 13.3. The Bertz CT molecular complexity index is 334. The number of benzene rings is 1. The Balaban J connectivity index is 2.84. The Morgan fingerprint density at radius 3 is 2.71 bits per heavy atom. The topological polar surface area (TPSA) is 37.3 Å². The summed E-state index contributed by atoms with van der Waals surface area (Å²) in [4.78, 5) is 10.5. The van der Waals surface area contributed by atoms with E-state index in [9.17, 15) is 9.18 Å². The Labute approximate surface area is 82.4 Å². The second-order valence-corrected chi connectivity index (χ2v) is 3.21. The van der Waals surface area contributed by atoms with Gasteiger partial charge in [-0.05, 0) is 30.5 Å². The molecule has 1 aromatic rings. The molecule has 14 heavy (non-hydrogen) atoms. The van der Waals surface area contributed by atoms with Gasteiger partial charge >= 0.3 is 5.97 Å². The van der Waals surface area contributed by atoms with Gasteiger partial charge in [-0.2, -0.15) is 0 Å². The fourth-order valence-corrected chi connectivity index (χ4v) is 1.25. The summed E-state index contributed by atoms with van der Waals surface area (Å²) in [6, 6.07) is 4.07. The molecule has 2 nitrogen and oxygen atoms in total. The van der Waals surface area contributed by atoms with E-state index in [2.05, 4.69) is 0 Å². The first-order chi connectivity index (χ1) is 6.65. The standard InChI is InChI=1S/C11H13FO2/c1-2-3-4-8-5-6-9(11(13)14)7-10(8)12/h5-7H,2-4H2,1H3,(H,13,14). The molecule has 0 fully saturated rings. The first-order valence-corrected chi connectivity index (χ1v) is 4.67. The van der Waals surface area contributed by atoms with E-state index in [4.69, 9.17) is 5.11 Å². The first kappa shape index (κ1) is 10.7. The molecule has 0 atom stereocenters. The summed E-state index contributed by atoms with van der Waals surface area (Å²) in [5.74, 6) is -1.51. The van der Waals surface area contributed by atoms with Gasteiger partial charge in [0.2, 0.25) is 0 Å². The third-order valence-electron chi connectivity index (χ3n) is 2.10. The van der Waals surface area contributed by atoms with Gasteiger partial charge < -0.3 is 5.11 Å². The third kappa shape index (κ3) is 2.55. The number of carboxylic acids is 1. The molecule has 0 heterocycles. The molecule has 0 aliphatic rings. The van der Waals surface area contributed by atoms with Gasteiger partial charge in [0, 0.05) is 0 Å². The van der Waals surface area contributed by atoms with Crippen LogP contribution in [-0.2, 0) is 6.42 Å². The molecule has 1 N–H and O–H groups in total. The Hall–Kier alpha value is -1.38. The second-order valence-electron chi connectivity index (χ2n) is 3.21. The molecule has 0 unspecified atom stereocenters. The van der Waals surface area contributed by atoms with Gasteiger partial charge in [0.15, 0.2) is 0 Å². The highest BCUT2D eigenvalue weighted by Crippen LogP contribution is 2.13. The summed E-state index contributed by atoms with van der Waals surface area (Å²) >= 11 is 0. The number of hydrogen-bond donors (Lipinski definition) is 1. The number of rotatable bonds is 4. The Morgan fingerprint density at radius 2 is 2.21 bits per heavy atom. The van der Waals surface area contributed by atoms with Crippen molar-refractivity contribution in [3.63, 3.8) is 0 Å². The smallest absolute Gasteiger partial charge is 0.335 e. The average Bonchev–Trinajstić information content (AvgIpc) is 2.15. The SMILES string of the molecule is CCCCc1ccc(C(=O)O)cc1F. The highest BCUT2D eigenvalue weighted by Gasteiger charge is 2.07. The molecule has 0 saturated heterocycles. The van der Waals surface area contributed by atoms with Crippen molar-refractivity contribution in [2.75, 3.05) is 0 Å². The molecule has 3 heteroatoms. The zero-order valence-electron chi connectivity index (χ0n) is 8.09. The van der Waals surface area contributed by atoms with Crippen molar-refractivity contribution >= 4 is 5.97 Å². The van der Waals surface area contributed by atoms with E-state index >= 15 is 0 Å². The van der Waals surface area contributed by atoms with Gasteiger partial charge in [0.25, 0.3) is 0 Å². The van der Waals surface area contributed by atoms with Crippen LogP contribution in [0.25, 0.3) is 0 Å². The Kier molecular flexibility index (Phi) is 3.63. The number of carboxylic acid groups (broad SMARTS) is 1. The van der Waals surface area contributed by atoms with E-state index in [-0.39, 0.29) is 5.56 Å². The summed E-state index contributed by atoms with van der Waals surface area (Å²) in [5, 5.41) is 8.61. The molecular formula is C11H13FO2. The zero-order chi connectivity index (χ0) is 10.6. The summed E-state index contributed by atoms with van der Waals surface area (Å²) < 4.78 is 13.3. The largest absolute Gasteiger partial charge is 0.478 e. The molecule has 0 saturated carbocycles. The molecule has 0 aromatic heterocycles. The second kappa shape index (κ2) is 4.74. The summed E-state index contributed by atoms with van der Waals surface area (Å²) in [7, 11) is 0. The monoisotopic (exact) mass is 196 g/mol. The van der Waals surface area contributed by atoms with Gasteiger partial charge in [-0.3, -0.25) is 0 Å². The molecule has 0 bridgehead atoms. The molecular weight excluding hydrogens is 183 g/mol. The van der Waals surface area contributed by atoms with Crippen molar-refractivity contribution in [3.05, 3.63) is 35.1 Å². The lowest BCUT2D eigenvalue weighted by Crippen LogP contribution is -1.99. The van der Waals surface area contributed by atoms with Crippen LogP contribution in [0.5, 0.6) is 0 Å². The predicted molar refractivity (Wildman–Crippen MR) is 52.0 cm³/mol. The third-order valence-corrected chi connectivity index (χ3v) is 2.10. The fraction of sp³-hybridized carbons (Fsp3) is 0.364. The average molecular weight is 196 g/mol. The number of aryl methyl sites for hydroxylation is 1. The highest BCUT2D eigenvalue weighted by atomic mass is 19.1. The normalized spacial score (nSPS) is 10.1. The lowest BCUT2D eigenvalue weighted by Gasteiger charge is -2.02. The predicted octanol–water partition coefficient (Wildman–Crippen LogP) is 2.87. The van der Waals surface area contributed by atoms with E-state index in [0.29, 0.717) is 12.0 Å². The summed E-state index contributed by atoms with van der Waals surface area (Å²) in [5.41, 5.74) is 0.597. The van der Waals surface area contributed by atoms with E-state index in [1.165, 1.54) is 6.07 Å². The van der Waals surface area contributed by atoms with Gasteiger partial charge in [0.1, 0.15) is 5.82 Å². The summed E-state index contributed by atoms with van der Waals surface area (Å²) in [6.07, 6.45) is 2.59. The van der Waals surface area contributed by atoms with Crippen LogP contribution < -0.4 is 0 Å². The van der Waals surface area contributed by atoms with Gasteiger partial charge in [0.05, 0.1) is 5.56 Å². The Morgan fingerprint density at radius 1 is 1.50 bits per heavy atom. The van der Waals surface area contributed by atoms with Crippen molar-refractivity contribution < 1.29 is 14.3 Å². The van der Waals surface area contributed by atoms with Crippen LogP contribution in [0, 0.1) is 5.82 Å². The molecule has 0 amide bonds. The van der Waals surface area contributed by atoms with E-state index in [1.54, 1.807) is 6.07 Å². The number of unbranched alkanes of at least 4 members (excludes halogenated alkanes) is 1. The quantitative estimate of drug-likeness (QED) is 0.803. The lowest BCUT2D eigenvalue weighted by molar-refractivity contribution is 0.0696. The minimum absolute atomic E-state index is 0.00254. The van der Waals surface area contributed by atoms with Crippen LogP contribution in [-0.4, -0.2) is 11.1 Å². The van der Waals surface area contributed by atoms with Crippen molar-refractivity contribution in [2.45, 2.75) is 26.2 Å². The fourth-order valence-electron chi connectivity index (χ4n) is 1.25. The van der Waals surface area contributed by atoms with E-state index in [1.807, 2.05) is 6.92 Å². The van der Waals surface area contributed by atoms with Crippen molar-refractivity contribution in [3.8, 4) is 0 Å². The zero-order valence-corrected chi connectivity index (χ0v) is 8.09. The first-order valence-electron chi connectivity index (χ1n) is 4.67. The van der Waals surface area contributed by atoms with Crippen LogP contribution in [0.4, 0.5) is 4.39 Å². The highest BCUT2D eigenvalue weighted by molar-refractivity contribution is 5.87. The number of aromatic carboxylic acids is 1. The van der Waals surface area contributed by atoms with Crippen LogP contribution in [0.2, 0.25) is 0 Å². The van der Waals surface area contributed by atoms with Crippen molar-refractivity contribution in [1.29, 1.82) is 0 Å². The minimum Gasteiger partial charge on any atom is -0.478 e. The molecule has 76 valence electrons. The van der Waals surface area contributed by atoms with Gasteiger partial charge in [-0.1, -0.05) is 19.4 Å². The summed E-state index contributed by atoms with van der Waals surface area (Å²) in [6.45, 7) is 2.03. The maximum Gasteiger partial charge on any atom is 0.335 e. The van der Waals surface area contributed by atoms with Crippen molar-refractivity contribution in [1.82, 2.24) is 0 Å². The maximum absolute atomic E-state index is 13.3. The van der Waals surface area contributed by atoms with E-state index < -0.39 is 11.8 Å².